The van der Waals surface area contributed by atoms with Crippen molar-refractivity contribution in [1.82, 2.24) is 14.6 Å². The third-order valence-electron chi connectivity index (χ3n) is 4.51. The number of aryl methyl sites for hydroxylation is 1. The maximum absolute atomic E-state index is 13.3. The van der Waals surface area contributed by atoms with Crippen LogP contribution in [0.1, 0.15) is 49.1 Å². The van der Waals surface area contributed by atoms with Gasteiger partial charge in [-0.15, -0.1) is 5.10 Å². The fourth-order valence-corrected chi connectivity index (χ4v) is 3.32. The third-order valence-corrected chi connectivity index (χ3v) is 4.67. The molecular formula is C18H20ClFN4O. The fourth-order valence-electron chi connectivity index (χ4n) is 3.16. The first-order valence-electron chi connectivity index (χ1n) is 8.60. The molecular weight excluding hydrogens is 343 g/mol. The van der Waals surface area contributed by atoms with Crippen LogP contribution in [-0.2, 0) is 13.0 Å². The highest BCUT2D eigenvalue weighted by molar-refractivity contribution is 6.28. The second kappa shape index (κ2) is 6.67. The van der Waals surface area contributed by atoms with Gasteiger partial charge < -0.3 is 9.73 Å². The highest BCUT2D eigenvalue weighted by Gasteiger charge is 2.31. The molecule has 1 aliphatic rings. The molecule has 1 fully saturated rings. The van der Waals surface area contributed by atoms with E-state index in [1.165, 1.54) is 0 Å². The van der Waals surface area contributed by atoms with Crippen LogP contribution in [0.2, 0.25) is 5.28 Å². The predicted octanol–water partition coefficient (Wildman–Crippen LogP) is 4.76. The molecule has 1 unspecified atom stereocenters. The Bertz CT molecular complexity index is 871. The maximum atomic E-state index is 13.3. The van der Waals surface area contributed by atoms with Crippen molar-refractivity contribution in [3.63, 3.8) is 0 Å². The molecule has 0 spiro atoms. The number of alkyl halides is 1. The molecule has 4 rings (SSSR count). The summed E-state index contributed by atoms with van der Waals surface area (Å²) in [5.74, 6) is 1.96. The summed E-state index contributed by atoms with van der Waals surface area (Å²) in [6, 6.07) is 5.81. The number of furan rings is 1. The Hall–Kier alpha value is -2.08. The summed E-state index contributed by atoms with van der Waals surface area (Å²) in [5, 5.41) is 7.87. The molecule has 132 valence electrons. The van der Waals surface area contributed by atoms with Crippen LogP contribution in [0.5, 0.6) is 0 Å². The maximum Gasteiger partial charge on any atom is 0.243 e. The fraction of sp³-hybridized carbons (Fsp3) is 0.444. The molecule has 3 heterocycles. The summed E-state index contributed by atoms with van der Waals surface area (Å²) in [4.78, 5) is 4.34. The Morgan fingerprint density at radius 3 is 3.00 bits per heavy atom. The zero-order valence-corrected chi connectivity index (χ0v) is 14.8. The van der Waals surface area contributed by atoms with E-state index >= 15 is 0 Å². The van der Waals surface area contributed by atoms with Gasteiger partial charge in [0.1, 0.15) is 11.3 Å². The number of nitrogens with zero attached hydrogens (tertiary/aromatic N) is 3. The van der Waals surface area contributed by atoms with Crippen LogP contribution in [0.4, 0.5) is 10.2 Å². The van der Waals surface area contributed by atoms with Crippen molar-refractivity contribution >= 4 is 22.9 Å². The van der Waals surface area contributed by atoms with Gasteiger partial charge in [-0.05, 0) is 68.0 Å². The lowest BCUT2D eigenvalue weighted by atomic mass is 10.1. The second-order valence-corrected chi connectivity index (χ2v) is 6.95. The first kappa shape index (κ1) is 16.4. The summed E-state index contributed by atoms with van der Waals surface area (Å²) in [5.41, 5.74) is 3.17. The predicted molar refractivity (Wildman–Crippen MR) is 94.9 cm³/mol. The number of aromatic nitrogens is 3. The molecule has 0 amide bonds. The minimum Gasteiger partial charge on any atom is -0.467 e. The number of hydrogen-bond acceptors (Lipinski definition) is 4. The molecule has 0 aliphatic heterocycles. The van der Waals surface area contributed by atoms with Crippen LogP contribution in [0, 0.1) is 0 Å². The smallest absolute Gasteiger partial charge is 0.243 e. The van der Waals surface area contributed by atoms with Crippen LogP contribution in [0.25, 0.3) is 5.52 Å². The number of fused-ring (bicyclic) bond motifs is 1. The summed E-state index contributed by atoms with van der Waals surface area (Å²) < 4.78 is 20.6. The van der Waals surface area contributed by atoms with Crippen LogP contribution in [0.15, 0.2) is 28.9 Å². The van der Waals surface area contributed by atoms with Gasteiger partial charge in [0.05, 0.1) is 19.0 Å². The van der Waals surface area contributed by atoms with E-state index in [1.54, 1.807) is 13.2 Å². The first-order chi connectivity index (χ1) is 12.1. The molecule has 7 heteroatoms. The van der Waals surface area contributed by atoms with Gasteiger partial charge in [0.25, 0.3) is 0 Å². The Kier molecular flexibility index (Phi) is 4.37. The topological polar surface area (TPSA) is 55.4 Å². The number of halogens is 2. The van der Waals surface area contributed by atoms with Gasteiger partial charge in [0.15, 0.2) is 5.82 Å². The summed E-state index contributed by atoms with van der Waals surface area (Å²) in [7, 11) is 0. The van der Waals surface area contributed by atoms with Gasteiger partial charge in [-0.1, -0.05) is 0 Å². The van der Waals surface area contributed by atoms with E-state index in [0.717, 1.165) is 35.4 Å². The van der Waals surface area contributed by atoms with Crippen molar-refractivity contribution in [2.75, 3.05) is 5.32 Å². The standard InChI is InChI=1S/C18H20ClFN4O/c1-11(20)4-5-13-9-15-17(21-10-14-3-2-8-25-14)22-18(19)23-24(15)16(13)12-6-7-12/h2-3,8-9,11-12H,4-7,10H2,1H3,(H,21,22,23). The molecule has 0 saturated heterocycles. The molecule has 1 atom stereocenters. The molecule has 1 saturated carbocycles. The van der Waals surface area contributed by atoms with Gasteiger partial charge in [0.2, 0.25) is 5.28 Å². The molecule has 1 aliphatic carbocycles. The number of nitrogens with one attached hydrogen (secondary N) is 1. The monoisotopic (exact) mass is 362 g/mol. The van der Waals surface area contributed by atoms with Gasteiger partial charge in [-0.2, -0.15) is 4.98 Å². The molecule has 1 N–H and O–H groups in total. The summed E-state index contributed by atoms with van der Waals surface area (Å²) >= 11 is 6.15. The summed E-state index contributed by atoms with van der Waals surface area (Å²) in [6.45, 7) is 2.11. The summed E-state index contributed by atoms with van der Waals surface area (Å²) in [6.07, 6.45) is 4.30. The lowest BCUT2D eigenvalue weighted by Gasteiger charge is -2.08. The lowest BCUT2D eigenvalue weighted by Crippen LogP contribution is -2.07. The van der Waals surface area contributed by atoms with Crippen molar-refractivity contribution < 1.29 is 8.81 Å². The Morgan fingerprint density at radius 2 is 2.32 bits per heavy atom. The van der Waals surface area contributed by atoms with Gasteiger partial charge >= 0.3 is 0 Å². The van der Waals surface area contributed by atoms with E-state index < -0.39 is 6.17 Å². The van der Waals surface area contributed by atoms with Crippen LogP contribution < -0.4 is 5.32 Å². The molecule has 3 aromatic rings. The number of rotatable bonds is 7. The number of hydrogen-bond donors (Lipinski definition) is 1. The Labute approximate surface area is 150 Å². The van der Waals surface area contributed by atoms with Gasteiger partial charge in [-0.3, -0.25) is 0 Å². The van der Waals surface area contributed by atoms with Crippen molar-refractivity contribution in [2.24, 2.45) is 0 Å². The molecule has 5 nitrogen and oxygen atoms in total. The zero-order chi connectivity index (χ0) is 17.4. The van der Waals surface area contributed by atoms with E-state index in [4.69, 9.17) is 16.0 Å². The molecule has 0 radical (unpaired) electrons. The molecule has 25 heavy (non-hydrogen) atoms. The van der Waals surface area contributed by atoms with Crippen molar-refractivity contribution in [2.45, 2.75) is 51.2 Å². The van der Waals surface area contributed by atoms with Crippen LogP contribution in [0.3, 0.4) is 0 Å². The van der Waals surface area contributed by atoms with E-state index in [1.807, 2.05) is 16.6 Å². The van der Waals surface area contributed by atoms with E-state index in [2.05, 4.69) is 21.5 Å². The van der Waals surface area contributed by atoms with Gasteiger partial charge in [-0.25, -0.2) is 8.91 Å². The van der Waals surface area contributed by atoms with Crippen LogP contribution in [-0.4, -0.2) is 20.8 Å². The quantitative estimate of drug-likeness (QED) is 0.658. The minimum atomic E-state index is -0.818. The number of anilines is 1. The average Bonchev–Trinajstić information content (AvgIpc) is 3.14. The second-order valence-electron chi connectivity index (χ2n) is 6.61. The normalized spacial score (nSPS) is 15.6. The Morgan fingerprint density at radius 1 is 1.48 bits per heavy atom. The largest absolute Gasteiger partial charge is 0.467 e. The average molecular weight is 363 g/mol. The molecule has 0 aromatic carbocycles. The van der Waals surface area contributed by atoms with Gasteiger partial charge in [0, 0.05) is 11.6 Å². The SMILES string of the molecule is CC(F)CCc1cc2c(NCc3ccco3)nc(Cl)nn2c1C1CC1. The van der Waals surface area contributed by atoms with E-state index in [9.17, 15) is 4.39 Å². The zero-order valence-electron chi connectivity index (χ0n) is 14.0. The highest BCUT2D eigenvalue weighted by Crippen LogP contribution is 2.43. The molecule has 3 aromatic heterocycles. The Balaban J connectivity index is 1.71. The molecule has 0 bridgehead atoms. The highest BCUT2D eigenvalue weighted by atomic mass is 35.5. The third kappa shape index (κ3) is 3.49. The van der Waals surface area contributed by atoms with Crippen LogP contribution >= 0.6 is 11.6 Å². The van der Waals surface area contributed by atoms with Crippen molar-refractivity contribution in [3.8, 4) is 0 Å². The van der Waals surface area contributed by atoms with Crippen molar-refractivity contribution in [3.05, 3.63) is 46.8 Å². The minimum absolute atomic E-state index is 0.192. The first-order valence-corrected chi connectivity index (χ1v) is 8.98. The van der Waals surface area contributed by atoms with E-state index in [-0.39, 0.29) is 5.28 Å². The lowest BCUT2D eigenvalue weighted by molar-refractivity contribution is 0.341. The van der Waals surface area contributed by atoms with E-state index in [0.29, 0.717) is 31.1 Å². The van der Waals surface area contributed by atoms with Crippen molar-refractivity contribution in [1.29, 1.82) is 0 Å².